The van der Waals surface area contributed by atoms with Crippen LogP contribution in [0.5, 0.6) is 0 Å². The molecular formula is C9H9Br2NO5S. The number of nitro groups is 1. The average molecular weight is 403 g/mol. The maximum Gasteiger partial charge on any atom is 0.269 e. The number of nitro benzene ring substituents is 1. The smallest absolute Gasteiger partial charge is 0.269 e. The molecule has 0 aliphatic heterocycles. The van der Waals surface area contributed by atoms with Crippen molar-refractivity contribution in [1.82, 2.24) is 0 Å². The highest BCUT2D eigenvalue weighted by Crippen LogP contribution is 2.43. The second-order valence-corrected chi connectivity index (χ2v) is 10.4. The number of alkyl halides is 2. The monoisotopic (exact) mass is 401 g/mol. The molecule has 0 bridgehead atoms. The van der Waals surface area contributed by atoms with Gasteiger partial charge in [-0.25, -0.2) is 8.42 Å². The van der Waals surface area contributed by atoms with Crippen LogP contribution in [0.3, 0.4) is 0 Å². The summed E-state index contributed by atoms with van der Waals surface area (Å²) in [6.07, 6.45) is -0.459. The van der Waals surface area contributed by atoms with Crippen LogP contribution >= 0.6 is 31.9 Å². The minimum absolute atomic E-state index is 0.139. The Morgan fingerprint density at radius 2 is 1.78 bits per heavy atom. The number of rotatable bonds is 4. The van der Waals surface area contributed by atoms with Gasteiger partial charge in [-0.05, 0) is 17.7 Å². The van der Waals surface area contributed by atoms with Gasteiger partial charge in [0.05, 0.1) is 4.92 Å². The quantitative estimate of drug-likeness (QED) is 0.472. The minimum Gasteiger partial charge on any atom is -0.385 e. The molecule has 9 heteroatoms. The molecule has 100 valence electrons. The summed E-state index contributed by atoms with van der Waals surface area (Å²) in [6.45, 7) is 0. The van der Waals surface area contributed by atoms with Gasteiger partial charge in [-0.2, -0.15) is 0 Å². The SMILES string of the molecule is CS(=O)(=O)C(Br)(Br)[C@@H](O)c1ccc([N+](=O)[O-])cc1. The third-order valence-corrected chi connectivity index (χ3v) is 7.84. The minimum atomic E-state index is -3.63. The first-order valence-electron chi connectivity index (χ1n) is 4.57. The Labute approximate surface area is 120 Å². The van der Waals surface area contributed by atoms with Crippen LogP contribution in [-0.2, 0) is 9.84 Å². The largest absolute Gasteiger partial charge is 0.385 e. The molecule has 0 aliphatic rings. The Kier molecular flexibility index (Phi) is 4.52. The normalized spacial score (nSPS) is 14.2. The van der Waals surface area contributed by atoms with E-state index in [4.69, 9.17) is 0 Å². The molecule has 18 heavy (non-hydrogen) atoms. The van der Waals surface area contributed by atoms with Crippen molar-refractivity contribution in [2.24, 2.45) is 0 Å². The number of halogens is 2. The fraction of sp³-hybridized carbons (Fsp3) is 0.333. The van der Waals surface area contributed by atoms with Crippen molar-refractivity contribution in [3.05, 3.63) is 39.9 Å². The molecule has 0 spiro atoms. The fourth-order valence-corrected chi connectivity index (χ4v) is 2.25. The number of aliphatic hydroxyl groups excluding tert-OH is 1. The third-order valence-electron chi connectivity index (χ3n) is 2.23. The van der Waals surface area contributed by atoms with Crippen molar-refractivity contribution >= 4 is 47.4 Å². The molecular weight excluding hydrogens is 394 g/mol. The predicted octanol–water partition coefficient (Wildman–Crippen LogP) is 2.12. The van der Waals surface area contributed by atoms with E-state index < -0.39 is 23.4 Å². The highest BCUT2D eigenvalue weighted by Gasteiger charge is 2.43. The molecule has 1 aromatic carbocycles. The van der Waals surface area contributed by atoms with Gasteiger partial charge < -0.3 is 5.11 Å². The van der Waals surface area contributed by atoms with Crippen LogP contribution in [0.1, 0.15) is 11.7 Å². The Balaban J connectivity index is 3.12. The molecule has 0 fully saturated rings. The summed E-state index contributed by atoms with van der Waals surface area (Å²) >= 11 is 5.79. The van der Waals surface area contributed by atoms with E-state index >= 15 is 0 Å². The van der Waals surface area contributed by atoms with Crippen LogP contribution in [-0.4, -0.2) is 27.3 Å². The van der Waals surface area contributed by atoms with E-state index in [9.17, 15) is 23.6 Å². The lowest BCUT2D eigenvalue weighted by molar-refractivity contribution is -0.384. The summed E-state index contributed by atoms with van der Waals surface area (Å²) in [5, 5.41) is 20.4. The zero-order chi connectivity index (χ0) is 14.1. The topological polar surface area (TPSA) is 97.5 Å². The van der Waals surface area contributed by atoms with Crippen molar-refractivity contribution in [2.75, 3.05) is 6.26 Å². The maximum absolute atomic E-state index is 11.5. The van der Waals surface area contributed by atoms with Crippen molar-refractivity contribution in [3.8, 4) is 0 Å². The van der Waals surface area contributed by atoms with Gasteiger partial charge in [0.1, 0.15) is 6.10 Å². The van der Waals surface area contributed by atoms with Crippen LogP contribution in [0.2, 0.25) is 0 Å². The van der Waals surface area contributed by atoms with Crippen LogP contribution < -0.4 is 0 Å². The van der Waals surface area contributed by atoms with Crippen LogP contribution in [0.4, 0.5) is 5.69 Å². The lowest BCUT2D eigenvalue weighted by atomic mass is 10.1. The number of hydrogen-bond acceptors (Lipinski definition) is 5. The summed E-state index contributed by atoms with van der Waals surface area (Å²) in [5.41, 5.74) is 0.0971. The summed E-state index contributed by atoms with van der Waals surface area (Å²) in [4.78, 5) is 9.89. The van der Waals surface area contributed by atoms with E-state index in [0.29, 0.717) is 0 Å². The van der Waals surface area contributed by atoms with E-state index in [0.717, 1.165) is 6.26 Å². The summed E-state index contributed by atoms with van der Waals surface area (Å²) in [7, 11) is -3.63. The van der Waals surface area contributed by atoms with Gasteiger partial charge in [0.2, 0.25) is 2.57 Å². The maximum atomic E-state index is 11.5. The summed E-state index contributed by atoms with van der Waals surface area (Å²) in [6, 6.07) is 4.98. The van der Waals surface area contributed by atoms with Crippen LogP contribution in [0.15, 0.2) is 24.3 Å². The number of non-ortho nitro benzene ring substituents is 1. The number of aliphatic hydroxyl groups is 1. The van der Waals surface area contributed by atoms with Gasteiger partial charge in [0.25, 0.3) is 5.69 Å². The molecule has 0 saturated heterocycles. The Bertz CT molecular complexity index is 555. The first-order chi connectivity index (χ1) is 8.07. The van der Waals surface area contributed by atoms with Crippen molar-refractivity contribution in [3.63, 3.8) is 0 Å². The fourth-order valence-electron chi connectivity index (χ4n) is 1.18. The zero-order valence-electron chi connectivity index (χ0n) is 9.08. The molecule has 1 atom stereocenters. The molecule has 0 aliphatic carbocycles. The third kappa shape index (κ3) is 3.08. The number of hydrogen-bond donors (Lipinski definition) is 1. The van der Waals surface area contributed by atoms with E-state index in [-0.39, 0.29) is 11.3 Å². The van der Waals surface area contributed by atoms with E-state index in [1.807, 2.05) is 0 Å². The van der Waals surface area contributed by atoms with Gasteiger partial charge >= 0.3 is 0 Å². The molecule has 6 nitrogen and oxygen atoms in total. The molecule has 0 aromatic heterocycles. The first-order valence-corrected chi connectivity index (χ1v) is 8.05. The molecule has 0 heterocycles. The van der Waals surface area contributed by atoms with Crippen molar-refractivity contribution in [2.45, 2.75) is 8.67 Å². The van der Waals surface area contributed by atoms with Crippen molar-refractivity contribution in [1.29, 1.82) is 0 Å². The molecule has 0 saturated carbocycles. The van der Waals surface area contributed by atoms with Gasteiger partial charge in [0, 0.05) is 18.4 Å². The number of nitrogens with zero attached hydrogens (tertiary/aromatic N) is 1. The second-order valence-electron chi connectivity index (χ2n) is 3.59. The first kappa shape index (κ1) is 15.5. The highest BCUT2D eigenvalue weighted by atomic mass is 79.9. The standard InChI is InChI=1S/C9H9Br2NO5S/c1-18(16,17)9(10,11)8(13)6-2-4-7(5-3-6)12(14)15/h2-5,8,13H,1H3/t8-/m0/s1. The van der Waals surface area contributed by atoms with Crippen LogP contribution in [0.25, 0.3) is 0 Å². The van der Waals surface area contributed by atoms with Crippen molar-refractivity contribution < 1.29 is 18.4 Å². The van der Waals surface area contributed by atoms with Gasteiger partial charge in [-0.3, -0.25) is 10.1 Å². The van der Waals surface area contributed by atoms with E-state index in [1.165, 1.54) is 24.3 Å². The Morgan fingerprint density at radius 3 is 2.11 bits per heavy atom. The van der Waals surface area contributed by atoms with Gasteiger partial charge in [-0.1, -0.05) is 31.9 Å². The average Bonchev–Trinajstić information content (AvgIpc) is 2.26. The predicted molar refractivity (Wildman–Crippen MR) is 73.5 cm³/mol. The zero-order valence-corrected chi connectivity index (χ0v) is 13.1. The molecule has 1 rings (SSSR count). The molecule has 1 N–H and O–H groups in total. The Hall–Kier alpha value is -0.510. The summed E-state index contributed by atoms with van der Waals surface area (Å²) in [5.74, 6) is 0. The van der Waals surface area contributed by atoms with E-state index in [1.54, 1.807) is 0 Å². The second kappa shape index (κ2) is 5.24. The molecule has 0 unspecified atom stereocenters. The summed E-state index contributed by atoms with van der Waals surface area (Å²) < 4.78 is 21.2. The van der Waals surface area contributed by atoms with E-state index in [2.05, 4.69) is 31.9 Å². The molecule has 1 aromatic rings. The Morgan fingerprint density at radius 1 is 1.33 bits per heavy atom. The molecule has 0 radical (unpaired) electrons. The highest BCUT2D eigenvalue weighted by molar-refractivity contribution is 9.27. The lowest BCUT2D eigenvalue weighted by Crippen LogP contribution is -2.31. The van der Waals surface area contributed by atoms with Gasteiger partial charge in [-0.15, -0.1) is 0 Å². The lowest BCUT2D eigenvalue weighted by Gasteiger charge is -2.24. The number of benzene rings is 1. The number of sulfone groups is 1. The van der Waals surface area contributed by atoms with Gasteiger partial charge in [0.15, 0.2) is 9.84 Å². The molecule has 0 amide bonds. The van der Waals surface area contributed by atoms with Crippen LogP contribution in [0, 0.1) is 10.1 Å².